The molecule has 0 N–H and O–H groups in total. The lowest BCUT2D eigenvalue weighted by Gasteiger charge is -2.27. The molecule has 0 saturated carbocycles. The Balaban J connectivity index is 3.01. The molecule has 0 spiro atoms. The van der Waals surface area contributed by atoms with Crippen LogP contribution in [-0.4, -0.2) is 19.0 Å². The van der Waals surface area contributed by atoms with Crippen molar-refractivity contribution in [2.45, 2.75) is 6.04 Å². The van der Waals surface area contributed by atoms with Crippen LogP contribution in [0.2, 0.25) is 0 Å². The Bertz CT molecular complexity index is 927. The van der Waals surface area contributed by atoms with Crippen LogP contribution in [-0.2, 0) is 0 Å². The van der Waals surface area contributed by atoms with Gasteiger partial charge in [-0.15, -0.1) is 0 Å². The van der Waals surface area contributed by atoms with Crippen LogP contribution in [0.3, 0.4) is 0 Å². The van der Waals surface area contributed by atoms with Gasteiger partial charge in [-0.2, -0.15) is 10.5 Å². The lowest BCUT2D eigenvalue weighted by molar-refractivity contribution is 0.291. The molecule has 0 radical (unpaired) electrons. The van der Waals surface area contributed by atoms with Crippen LogP contribution in [0.15, 0.2) is 0 Å². The molecule has 0 bridgehead atoms. The van der Waals surface area contributed by atoms with E-state index in [-0.39, 0.29) is 0 Å². The first-order chi connectivity index (χ1) is 13.0. The van der Waals surface area contributed by atoms with Gasteiger partial charge in [0, 0.05) is 0 Å². The average Bonchev–Trinajstić information content (AvgIpc) is 2.64. The Kier molecular flexibility index (Phi) is 5.62. The third-order valence-corrected chi connectivity index (χ3v) is 3.88. The molecule has 0 heterocycles. The second-order valence-corrected chi connectivity index (χ2v) is 5.68. The summed E-state index contributed by atoms with van der Waals surface area (Å²) in [5.74, 6) is -17.3. The number of nitrogens with zero attached hydrogens (tertiary/aromatic N) is 3. The summed E-state index contributed by atoms with van der Waals surface area (Å²) in [7, 11) is 1.90. The number of hydrogen-bond acceptors (Lipinski definition) is 3. The summed E-state index contributed by atoms with van der Waals surface area (Å²) in [5, 5.41) is 17.2. The first-order valence-corrected chi connectivity index (χ1v) is 7.19. The van der Waals surface area contributed by atoms with Crippen LogP contribution in [0.4, 0.5) is 35.1 Å². The van der Waals surface area contributed by atoms with Crippen molar-refractivity contribution in [1.82, 2.24) is 4.90 Å². The van der Waals surface area contributed by atoms with E-state index in [9.17, 15) is 35.1 Å². The molecule has 0 aliphatic rings. The fourth-order valence-corrected chi connectivity index (χ4v) is 2.63. The summed E-state index contributed by atoms with van der Waals surface area (Å²) < 4.78 is 113. The summed E-state index contributed by atoms with van der Waals surface area (Å²) in [6, 6.07) is -0.618. The molecule has 146 valence electrons. The molecule has 28 heavy (non-hydrogen) atoms. The van der Waals surface area contributed by atoms with E-state index < -0.39 is 74.8 Å². The molecular formula is C17H7F8N3. The van der Waals surface area contributed by atoms with Crippen molar-refractivity contribution in [3.63, 3.8) is 0 Å². The second-order valence-electron chi connectivity index (χ2n) is 5.68. The van der Waals surface area contributed by atoms with Crippen LogP contribution in [0.25, 0.3) is 0 Å². The number of hydrogen-bond donors (Lipinski definition) is 0. The molecule has 0 amide bonds. The first kappa shape index (κ1) is 21.1. The molecule has 2 aromatic carbocycles. The van der Waals surface area contributed by atoms with Gasteiger partial charge in [-0.1, -0.05) is 0 Å². The molecule has 0 unspecified atom stereocenters. The number of benzene rings is 2. The van der Waals surface area contributed by atoms with Crippen LogP contribution in [0, 0.1) is 69.2 Å². The van der Waals surface area contributed by atoms with Crippen LogP contribution in [0.1, 0.15) is 28.3 Å². The van der Waals surface area contributed by atoms with Gasteiger partial charge in [-0.25, -0.2) is 35.1 Å². The summed E-state index contributed by atoms with van der Waals surface area (Å²) >= 11 is 0. The van der Waals surface area contributed by atoms with Gasteiger partial charge in [-0.3, -0.25) is 4.90 Å². The van der Waals surface area contributed by atoms with Gasteiger partial charge in [0.05, 0.1) is 17.2 Å². The molecule has 0 saturated heterocycles. The van der Waals surface area contributed by atoms with Gasteiger partial charge in [0.25, 0.3) is 0 Å². The van der Waals surface area contributed by atoms with Crippen molar-refractivity contribution < 1.29 is 35.1 Å². The summed E-state index contributed by atoms with van der Waals surface area (Å²) in [6.07, 6.45) is 0. The standard InChI is InChI=1S/C17H7F8N3/c1-28(2)17(7-13(22)9(18)5(3-26)10(19)14(7)23)8-15(24)11(20)6(4-27)12(21)16(8)25/h17H,1-2H3. The van der Waals surface area contributed by atoms with E-state index in [2.05, 4.69) is 0 Å². The van der Waals surface area contributed by atoms with Crippen molar-refractivity contribution in [1.29, 1.82) is 10.5 Å². The fraction of sp³-hybridized carbons (Fsp3) is 0.176. The zero-order valence-electron chi connectivity index (χ0n) is 13.9. The molecular weight excluding hydrogens is 398 g/mol. The summed E-state index contributed by atoms with van der Waals surface area (Å²) in [6.45, 7) is 0. The SMILES string of the molecule is CN(C)C(c1c(F)c(F)c(C#N)c(F)c1F)c1c(F)c(F)c(C#N)c(F)c1F. The maximum Gasteiger partial charge on any atom is 0.180 e. The zero-order valence-corrected chi connectivity index (χ0v) is 13.9. The van der Waals surface area contributed by atoms with E-state index >= 15 is 0 Å². The van der Waals surface area contributed by atoms with E-state index in [1.807, 2.05) is 0 Å². The van der Waals surface area contributed by atoms with Gasteiger partial charge >= 0.3 is 0 Å². The van der Waals surface area contributed by atoms with Crippen LogP contribution in [0.5, 0.6) is 0 Å². The first-order valence-electron chi connectivity index (χ1n) is 7.19. The van der Waals surface area contributed by atoms with Crippen molar-refractivity contribution >= 4 is 0 Å². The van der Waals surface area contributed by atoms with Crippen LogP contribution < -0.4 is 0 Å². The predicted molar refractivity (Wildman–Crippen MR) is 77.5 cm³/mol. The topological polar surface area (TPSA) is 50.8 Å². The number of rotatable bonds is 3. The maximum absolute atomic E-state index is 14.4. The van der Waals surface area contributed by atoms with Gasteiger partial charge < -0.3 is 0 Å². The van der Waals surface area contributed by atoms with Crippen molar-refractivity contribution in [3.05, 3.63) is 68.8 Å². The Morgan fingerprint density at radius 3 is 1.00 bits per heavy atom. The molecule has 2 aromatic rings. The molecule has 0 atom stereocenters. The minimum absolute atomic E-state index is 0.624. The highest BCUT2D eigenvalue weighted by Crippen LogP contribution is 2.38. The fourth-order valence-electron chi connectivity index (χ4n) is 2.63. The monoisotopic (exact) mass is 405 g/mol. The molecule has 11 heteroatoms. The third-order valence-electron chi connectivity index (χ3n) is 3.88. The Hall–Kier alpha value is -3.18. The summed E-state index contributed by atoms with van der Waals surface area (Å²) in [5.41, 5.74) is -6.51. The largest absolute Gasteiger partial charge is 0.298 e. The minimum Gasteiger partial charge on any atom is -0.298 e. The van der Waals surface area contributed by atoms with E-state index in [0.29, 0.717) is 4.90 Å². The number of nitriles is 2. The molecule has 0 fully saturated rings. The highest BCUT2D eigenvalue weighted by molar-refractivity contribution is 5.45. The number of halogens is 8. The zero-order chi connectivity index (χ0) is 21.5. The average molecular weight is 405 g/mol. The Labute approximate surface area is 152 Å². The third kappa shape index (κ3) is 2.94. The van der Waals surface area contributed by atoms with E-state index in [0.717, 1.165) is 26.2 Å². The predicted octanol–water partition coefficient (Wildman–Crippen LogP) is 4.19. The normalized spacial score (nSPS) is 11.1. The van der Waals surface area contributed by atoms with Crippen molar-refractivity contribution in [2.24, 2.45) is 0 Å². The maximum atomic E-state index is 14.4. The van der Waals surface area contributed by atoms with Gasteiger partial charge in [-0.05, 0) is 14.1 Å². The van der Waals surface area contributed by atoms with E-state index in [1.165, 1.54) is 0 Å². The Morgan fingerprint density at radius 2 is 0.821 bits per heavy atom. The molecule has 2 rings (SSSR count). The van der Waals surface area contributed by atoms with Gasteiger partial charge in [0.1, 0.15) is 23.3 Å². The van der Waals surface area contributed by atoms with Crippen molar-refractivity contribution in [3.8, 4) is 12.1 Å². The Morgan fingerprint density at radius 1 is 0.571 bits per heavy atom. The highest BCUT2D eigenvalue weighted by atomic mass is 19.2. The van der Waals surface area contributed by atoms with Gasteiger partial charge in [0.2, 0.25) is 0 Å². The van der Waals surface area contributed by atoms with E-state index in [4.69, 9.17) is 10.5 Å². The lowest BCUT2D eigenvalue weighted by Crippen LogP contribution is -2.28. The quantitative estimate of drug-likeness (QED) is 0.569. The van der Waals surface area contributed by atoms with Crippen molar-refractivity contribution in [2.75, 3.05) is 14.1 Å². The lowest BCUT2D eigenvalue weighted by atomic mass is 9.92. The molecule has 3 nitrogen and oxygen atoms in total. The highest BCUT2D eigenvalue weighted by Gasteiger charge is 2.38. The second kappa shape index (κ2) is 7.44. The van der Waals surface area contributed by atoms with Crippen LogP contribution >= 0.6 is 0 Å². The van der Waals surface area contributed by atoms with E-state index in [1.54, 1.807) is 0 Å². The molecule has 0 aliphatic heterocycles. The smallest absolute Gasteiger partial charge is 0.180 e. The molecule has 0 aromatic heterocycles. The summed E-state index contributed by atoms with van der Waals surface area (Å²) in [4.78, 5) is 0.624. The molecule has 0 aliphatic carbocycles. The van der Waals surface area contributed by atoms with Gasteiger partial charge in [0.15, 0.2) is 46.5 Å². The minimum atomic E-state index is -2.39.